The van der Waals surface area contributed by atoms with E-state index in [1.165, 1.54) is 6.07 Å². The predicted octanol–water partition coefficient (Wildman–Crippen LogP) is 1.68. The second-order valence-electron chi connectivity index (χ2n) is 4.96. The molecule has 0 bridgehead atoms. The summed E-state index contributed by atoms with van der Waals surface area (Å²) in [6.45, 7) is 2.29. The number of carbonyl (C=O) groups excluding carboxylic acids is 1. The quantitative estimate of drug-likeness (QED) is 0.784. The zero-order valence-corrected chi connectivity index (χ0v) is 11.3. The number of aromatic carboxylic acids is 1. The van der Waals surface area contributed by atoms with Crippen molar-refractivity contribution in [3.05, 3.63) is 29.3 Å². The van der Waals surface area contributed by atoms with Crippen LogP contribution in [0.15, 0.2) is 18.2 Å². The molecular weight excluding hydrogens is 260 g/mol. The first-order valence-electron chi connectivity index (χ1n) is 6.55. The fraction of sp³-hybridized carbons (Fsp3) is 0.429. The van der Waals surface area contributed by atoms with Crippen LogP contribution in [-0.2, 0) is 0 Å². The van der Waals surface area contributed by atoms with Gasteiger partial charge in [0.2, 0.25) is 0 Å². The van der Waals surface area contributed by atoms with Gasteiger partial charge in [-0.2, -0.15) is 0 Å². The van der Waals surface area contributed by atoms with Gasteiger partial charge in [-0.1, -0.05) is 11.6 Å². The molecule has 0 saturated carbocycles. The van der Waals surface area contributed by atoms with E-state index in [2.05, 4.69) is 5.32 Å². The minimum absolute atomic E-state index is 0.0677. The Morgan fingerprint density at radius 2 is 2.20 bits per heavy atom. The molecule has 1 atom stereocenters. The van der Waals surface area contributed by atoms with Crippen molar-refractivity contribution in [3.8, 4) is 0 Å². The van der Waals surface area contributed by atoms with Gasteiger partial charge in [-0.25, -0.2) is 9.59 Å². The number of aliphatic hydroxyl groups is 1. The summed E-state index contributed by atoms with van der Waals surface area (Å²) in [6.07, 6.45) is 1.61. The van der Waals surface area contributed by atoms with Crippen molar-refractivity contribution < 1.29 is 19.8 Å². The van der Waals surface area contributed by atoms with E-state index >= 15 is 0 Å². The van der Waals surface area contributed by atoms with Gasteiger partial charge < -0.3 is 20.4 Å². The van der Waals surface area contributed by atoms with Crippen LogP contribution in [0.25, 0.3) is 0 Å². The molecule has 0 radical (unpaired) electrons. The lowest BCUT2D eigenvalue weighted by atomic mass is 10.1. The number of aliphatic hydroxyl groups excluding tert-OH is 1. The van der Waals surface area contributed by atoms with Crippen molar-refractivity contribution in [2.45, 2.75) is 25.8 Å². The summed E-state index contributed by atoms with van der Waals surface area (Å²) in [4.78, 5) is 24.9. The number of rotatable bonds is 3. The van der Waals surface area contributed by atoms with Crippen LogP contribution in [0.5, 0.6) is 0 Å². The average molecular weight is 278 g/mol. The molecule has 20 heavy (non-hydrogen) atoms. The summed E-state index contributed by atoms with van der Waals surface area (Å²) >= 11 is 0. The topological polar surface area (TPSA) is 89.9 Å². The lowest BCUT2D eigenvalue weighted by Crippen LogP contribution is -2.40. The summed E-state index contributed by atoms with van der Waals surface area (Å²) in [7, 11) is 0. The van der Waals surface area contributed by atoms with E-state index in [9.17, 15) is 14.7 Å². The van der Waals surface area contributed by atoms with E-state index in [4.69, 9.17) is 5.11 Å². The van der Waals surface area contributed by atoms with Crippen LogP contribution >= 0.6 is 0 Å². The molecule has 1 unspecified atom stereocenters. The van der Waals surface area contributed by atoms with Gasteiger partial charge in [0.15, 0.2) is 0 Å². The van der Waals surface area contributed by atoms with Gasteiger partial charge in [-0.05, 0) is 31.9 Å². The smallest absolute Gasteiger partial charge is 0.337 e. The van der Waals surface area contributed by atoms with Crippen LogP contribution in [0.1, 0.15) is 28.8 Å². The molecule has 1 aliphatic heterocycles. The van der Waals surface area contributed by atoms with Gasteiger partial charge in [0.05, 0.1) is 23.9 Å². The van der Waals surface area contributed by atoms with E-state index in [1.807, 2.05) is 0 Å². The number of anilines is 1. The third kappa shape index (κ3) is 2.91. The van der Waals surface area contributed by atoms with E-state index < -0.39 is 5.97 Å². The van der Waals surface area contributed by atoms with Gasteiger partial charge in [0.1, 0.15) is 0 Å². The minimum atomic E-state index is -1.08. The van der Waals surface area contributed by atoms with E-state index in [1.54, 1.807) is 24.0 Å². The highest BCUT2D eigenvalue weighted by Gasteiger charge is 2.28. The van der Waals surface area contributed by atoms with Crippen molar-refractivity contribution >= 4 is 17.7 Å². The van der Waals surface area contributed by atoms with Crippen LogP contribution in [0, 0.1) is 6.92 Å². The molecule has 0 aliphatic carbocycles. The van der Waals surface area contributed by atoms with Crippen LogP contribution in [0.4, 0.5) is 10.5 Å². The first-order valence-corrected chi connectivity index (χ1v) is 6.55. The molecule has 0 spiro atoms. The van der Waals surface area contributed by atoms with Crippen molar-refractivity contribution in [2.75, 3.05) is 18.5 Å². The minimum Gasteiger partial charge on any atom is -0.478 e. The van der Waals surface area contributed by atoms with Crippen molar-refractivity contribution in [1.82, 2.24) is 4.90 Å². The molecule has 1 fully saturated rings. The molecule has 108 valence electrons. The normalized spacial score (nSPS) is 18.1. The Morgan fingerprint density at radius 3 is 2.85 bits per heavy atom. The largest absolute Gasteiger partial charge is 0.478 e. The molecule has 1 saturated heterocycles. The first-order chi connectivity index (χ1) is 9.52. The van der Waals surface area contributed by atoms with Crippen molar-refractivity contribution in [3.63, 3.8) is 0 Å². The number of likely N-dealkylation sites (tertiary alicyclic amines) is 1. The van der Waals surface area contributed by atoms with Gasteiger partial charge in [-0.15, -0.1) is 0 Å². The summed E-state index contributed by atoms with van der Waals surface area (Å²) in [6, 6.07) is 4.29. The number of carbonyl (C=O) groups is 2. The fourth-order valence-corrected chi connectivity index (χ4v) is 2.42. The Morgan fingerprint density at radius 1 is 1.45 bits per heavy atom. The number of hydrogen-bond acceptors (Lipinski definition) is 3. The fourth-order valence-electron chi connectivity index (χ4n) is 2.42. The number of nitrogens with zero attached hydrogens (tertiary/aromatic N) is 1. The summed E-state index contributed by atoms with van der Waals surface area (Å²) in [5.41, 5.74) is 1.16. The Balaban J connectivity index is 2.17. The van der Waals surface area contributed by atoms with Crippen molar-refractivity contribution in [2.24, 2.45) is 0 Å². The lowest BCUT2D eigenvalue weighted by Gasteiger charge is -2.23. The van der Waals surface area contributed by atoms with E-state index in [-0.39, 0.29) is 29.9 Å². The second-order valence-corrected chi connectivity index (χ2v) is 4.96. The van der Waals surface area contributed by atoms with Crippen LogP contribution in [-0.4, -0.2) is 46.3 Å². The Labute approximate surface area is 117 Å². The molecule has 6 nitrogen and oxygen atoms in total. The first kappa shape index (κ1) is 14.3. The Hall–Kier alpha value is -2.08. The van der Waals surface area contributed by atoms with Gasteiger partial charge >= 0.3 is 12.0 Å². The van der Waals surface area contributed by atoms with E-state index in [0.717, 1.165) is 18.4 Å². The predicted molar refractivity (Wildman–Crippen MR) is 74.0 cm³/mol. The average Bonchev–Trinajstić information content (AvgIpc) is 2.89. The second kappa shape index (κ2) is 5.92. The molecule has 1 aromatic rings. The number of carboxylic acid groups (broad SMARTS) is 1. The maximum atomic E-state index is 12.2. The molecule has 0 aromatic heterocycles. The molecule has 1 aromatic carbocycles. The third-order valence-corrected chi connectivity index (χ3v) is 3.50. The van der Waals surface area contributed by atoms with E-state index in [0.29, 0.717) is 6.54 Å². The highest BCUT2D eigenvalue weighted by molar-refractivity contribution is 6.00. The van der Waals surface area contributed by atoms with Gasteiger partial charge in [0, 0.05) is 6.54 Å². The van der Waals surface area contributed by atoms with Gasteiger partial charge in [0.25, 0.3) is 0 Å². The molecule has 1 aliphatic rings. The Kier molecular flexibility index (Phi) is 4.24. The zero-order chi connectivity index (χ0) is 14.7. The summed E-state index contributed by atoms with van der Waals surface area (Å²) in [5.74, 6) is -1.08. The number of amides is 2. The highest BCUT2D eigenvalue weighted by atomic mass is 16.4. The summed E-state index contributed by atoms with van der Waals surface area (Å²) < 4.78 is 0. The monoisotopic (exact) mass is 278 g/mol. The number of nitrogens with one attached hydrogen (secondary N) is 1. The number of hydrogen-bond donors (Lipinski definition) is 3. The third-order valence-electron chi connectivity index (χ3n) is 3.50. The van der Waals surface area contributed by atoms with Crippen LogP contribution < -0.4 is 5.32 Å². The Bertz CT molecular complexity index is 530. The zero-order valence-electron chi connectivity index (χ0n) is 11.3. The molecule has 2 amide bonds. The molecular formula is C14H18N2O4. The SMILES string of the molecule is Cc1ccc(NC(=O)N2CCCC2CO)c(C(=O)O)c1. The standard InChI is InChI=1S/C14H18N2O4/c1-9-4-5-12(11(7-9)13(18)19)15-14(20)16-6-2-3-10(16)8-17/h4-5,7,10,17H,2-3,6,8H2,1H3,(H,15,20)(H,18,19). The van der Waals surface area contributed by atoms with Crippen LogP contribution in [0.3, 0.4) is 0 Å². The lowest BCUT2D eigenvalue weighted by molar-refractivity contribution is 0.0698. The maximum Gasteiger partial charge on any atom is 0.337 e. The van der Waals surface area contributed by atoms with Gasteiger partial charge in [-0.3, -0.25) is 0 Å². The molecule has 6 heteroatoms. The summed E-state index contributed by atoms with van der Waals surface area (Å²) in [5, 5.41) is 21.0. The highest BCUT2D eigenvalue weighted by Crippen LogP contribution is 2.21. The molecule has 2 rings (SSSR count). The maximum absolute atomic E-state index is 12.2. The molecule has 3 N–H and O–H groups in total. The number of benzene rings is 1. The number of urea groups is 1. The van der Waals surface area contributed by atoms with Crippen molar-refractivity contribution in [1.29, 1.82) is 0 Å². The number of aryl methyl sites for hydroxylation is 1. The van der Waals surface area contributed by atoms with Crippen LogP contribution in [0.2, 0.25) is 0 Å². The number of carboxylic acids is 1. The molecule has 1 heterocycles.